The highest BCUT2D eigenvalue weighted by Crippen LogP contribution is 2.28. The van der Waals surface area contributed by atoms with Crippen molar-refractivity contribution in [1.82, 2.24) is 15.1 Å². The number of nitrogens with one attached hydrogen (secondary N) is 2. The van der Waals surface area contributed by atoms with Gasteiger partial charge in [0, 0.05) is 18.5 Å². The van der Waals surface area contributed by atoms with Crippen LogP contribution in [0, 0.1) is 6.92 Å². The van der Waals surface area contributed by atoms with Crippen molar-refractivity contribution in [2.45, 2.75) is 38.6 Å². The lowest BCUT2D eigenvalue weighted by atomic mass is 10.1. The summed E-state index contributed by atoms with van der Waals surface area (Å²) in [5.74, 6) is -1.29. The van der Waals surface area contributed by atoms with Crippen LogP contribution in [0.1, 0.15) is 51.4 Å². The van der Waals surface area contributed by atoms with Crippen molar-refractivity contribution in [3.05, 3.63) is 46.5 Å². The summed E-state index contributed by atoms with van der Waals surface area (Å²) in [4.78, 5) is 38.6. The number of hydrogen-bond donors (Lipinski definition) is 2. The van der Waals surface area contributed by atoms with Gasteiger partial charge in [-0.3, -0.25) is 14.3 Å². The van der Waals surface area contributed by atoms with Gasteiger partial charge in [-0.15, -0.1) is 11.3 Å². The first kappa shape index (κ1) is 21.0. The van der Waals surface area contributed by atoms with E-state index in [-0.39, 0.29) is 11.9 Å². The van der Waals surface area contributed by atoms with E-state index in [1.807, 2.05) is 14.0 Å². The molecule has 0 aliphatic heterocycles. The Morgan fingerprint density at radius 2 is 1.97 bits per heavy atom. The zero-order chi connectivity index (χ0) is 22.0. The number of rotatable bonds is 6. The molecule has 31 heavy (non-hydrogen) atoms. The van der Waals surface area contributed by atoms with Crippen molar-refractivity contribution in [2.75, 3.05) is 11.9 Å². The molecule has 4 rings (SSSR count). The summed E-state index contributed by atoms with van der Waals surface area (Å²) < 4.78 is 6.89. The third kappa shape index (κ3) is 4.61. The number of fused-ring (bicyclic) bond motifs is 1. The second-order valence-corrected chi connectivity index (χ2v) is 8.69. The molecule has 2 heterocycles. The molecule has 2 amide bonds. The molecular formula is C22H24N4O4S. The largest absolute Gasteiger partial charge is 0.451 e. The van der Waals surface area contributed by atoms with E-state index in [0.717, 1.165) is 41.6 Å². The van der Waals surface area contributed by atoms with E-state index in [1.54, 1.807) is 35.0 Å². The molecule has 2 aromatic heterocycles. The van der Waals surface area contributed by atoms with Gasteiger partial charge in [0.15, 0.2) is 6.61 Å². The number of nitrogens with zero attached hydrogens (tertiary/aromatic N) is 2. The molecule has 0 unspecified atom stereocenters. The normalized spacial score (nSPS) is 14.0. The molecule has 0 saturated heterocycles. The Kier molecular flexibility index (Phi) is 6.03. The van der Waals surface area contributed by atoms with Gasteiger partial charge in [-0.1, -0.05) is 25.0 Å². The number of aryl methyl sites for hydroxylation is 2. The summed E-state index contributed by atoms with van der Waals surface area (Å²) in [5.41, 5.74) is 1.61. The second kappa shape index (κ2) is 8.89. The van der Waals surface area contributed by atoms with Crippen molar-refractivity contribution in [3.8, 4) is 0 Å². The Morgan fingerprint density at radius 3 is 2.71 bits per heavy atom. The van der Waals surface area contributed by atoms with Gasteiger partial charge in [-0.25, -0.2) is 4.79 Å². The minimum atomic E-state index is -0.567. The molecule has 0 bridgehead atoms. The fourth-order valence-corrected chi connectivity index (χ4v) is 4.83. The Labute approximate surface area is 183 Å². The smallest absolute Gasteiger partial charge is 0.348 e. The maximum Gasteiger partial charge on any atom is 0.348 e. The Hall–Kier alpha value is -3.20. The summed E-state index contributed by atoms with van der Waals surface area (Å²) in [6.45, 7) is 1.43. The maximum atomic E-state index is 12.6. The number of para-hydroxylation sites is 1. The highest BCUT2D eigenvalue weighted by Gasteiger charge is 2.21. The molecule has 0 radical (unpaired) electrons. The number of aromatic nitrogens is 2. The first-order valence-corrected chi connectivity index (χ1v) is 11.0. The molecule has 0 spiro atoms. The zero-order valence-corrected chi connectivity index (χ0v) is 18.3. The molecular weight excluding hydrogens is 416 g/mol. The predicted molar refractivity (Wildman–Crippen MR) is 118 cm³/mol. The van der Waals surface area contributed by atoms with Crippen LogP contribution in [0.3, 0.4) is 0 Å². The highest BCUT2D eigenvalue weighted by molar-refractivity contribution is 7.20. The van der Waals surface area contributed by atoms with Gasteiger partial charge in [0.2, 0.25) is 0 Å². The third-order valence-corrected chi connectivity index (χ3v) is 6.55. The topological polar surface area (TPSA) is 102 Å². The third-order valence-electron chi connectivity index (χ3n) is 5.37. The van der Waals surface area contributed by atoms with Crippen molar-refractivity contribution >= 4 is 45.0 Å². The molecule has 9 heteroatoms. The van der Waals surface area contributed by atoms with E-state index in [2.05, 4.69) is 15.7 Å². The lowest BCUT2D eigenvalue weighted by molar-refractivity contribution is -0.119. The summed E-state index contributed by atoms with van der Waals surface area (Å²) in [6.07, 6.45) is 4.18. The second-order valence-electron chi connectivity index (χ2n) is 7.66. The van der Waals surface area contributed by atoms with Crippen LogP contribution in [0.5, 0.6) is 0 Å². The van der Waals surface area contributed by atoms with Crippen LogP contribution in [0.15, 0.2) is 30.3 Å². The Balaban J connectivity index is 1.36. The molecule has 0 atom stereocenters. The van der Waals surface area contributed by atoms with E-state index in [0.29, 0.717) is 16.1 Å². The summed E-state index contributed by atoms with van der Waals surface area (Å²) in [6, 6.07) is 8.71. The number of anilines is 1. The van der Waals surface area contributed by atoms with Crippen molar-refractivity contribution < 1.29 is 19.1 Å². The molecule has 2 N–H and O–H groups in total. The van der Waals surface area contributed by atoms with Gasteiger partial charge in [-0.2, -0.15) is 5.10 Å². The van der Waals surface area contributed by atoms with Crippen LogP contribution in [0.2, 0.25) is 0 Å². The van der Waals surface area contributed by atoms with Crippen LogP contribution in [-0.4, -0.2) is 40.2 Å². The van der Waals surface area contributed by atoms with Gasteiger partial charge in [-0.05, 0) is 38.0 Å². The van der Waals surface area contributed by atoms with E-state index < -0.39 is 18.5 Å². The lowest BCUT2D eigenvalue weighted by Gasteiger charge is -2.15. The SMILES string of the molecule is Cc1nn(C)c2sc(C(=O)OCC(=O)Nc3ccccc3C(=O)NC3CCCC3)cc12. The molecule has 1 aliphatic carbocycles. The lowest BCUT2D eigenvalue weighted by Crippen LogP contribution is -2.33. The molecule has 1 saturated carbocycles. The fourth-order valence-electron chi connectivity index (χ4n) is 3.82. The minimum Gasteiger partial charge on any atom is -0.451 e. The molecule has 8 nitrogen and oxygen atoms in total. The number of esters is 1. The predicted octanol–water partition coefficient (Wildman–Crippen LogP) is 3.41. The molecule has 1 fully saturated rings. The number of carbonyl (C=O) groups excluding carboxylic acids is 3. The zero-order valence-electron chi connectivity index (χ0n) is 17.4. The summed E-state index contributed by atoms with van der Waals surface area (Å²) >= 11 is 1.27. The monoisotopic (exact) mass is 440 g/mol. The van der Waals surface area contributed by atoms with E-state index >= 15 is 0 Å². The molecule has 162 valence electrons. The van der Waals surface area contributed by atoms with Crippen LogP contribution in [0.25, 0.3) is 10.2 Å². The highest BCUT2D eigenvalue weighted by atomic mass is 32.1. The number of thiophene rings is 1. The Bertz CT molecular complexity index is 1110. The van der Waals surface area contributed by atoms with Crippen LogP contribution in [-0.2, 0) is 16.6 Å². The summed E-state index contributed by atoms with van der Waals surface area (Å²) in [7, 11) is 1.81. The first-order valence-electron chi connectivity index (χ1n) is 10.2. The van der Waals surface area contributed by atoms with Crippen molar-refractivity contribution in [1.29, 1.82) is 0 Å². The number of benzene rings is 1. The number of amides is 2. The van der Waals surface area contributed by atoms with Crippen molar-refractivity contribution in [2.24, 2.45) is 7.05 Å². The molecule has 3 aromatic rings. The summed E-state index contributed by atoms with van der Waals surface area (Å²) in [5, 5.41) is 10.9. The van der Waals surface area contributed by atoms with Gasteiger partial charge >= 0.3 is 5.97 Å². The van der Waals surface area contributed by atoms with E-state index in [9.17, 15) is 14.4 Å². The number of carbonyl (C=O) groups is 3. The Morgan fingerprint density at radius 1 is 1.23 bits per heavy atom. The van der Waals surface area contributed by atoms with Gasteiger partial charge < -0.3 is 15.4 Å². The maximum absolute atomic E-state index is 12.6. The van der Waals surface area contributed by atoms with Gasteiger partial charge in [0.05, 0.1) is 16.9 Å². The van der Waals surface area contributed by atoms with Gasteiger partial charge in [0.25, 0.3) is 11.8 Å². The molecule has 1 aliphatic rings. The van der Waals surface area contributed by atoms with Crippen LogP contribution in [0.4, 0.5) is 5.69 Å². The van der Waals surface area contributed by atoms with Crippen LogP contribution < -0.4 is 10.6 Å². The quantitative estimate of drug-likeness (QED) is 0.572. The van der Waals surface area contributed by atoms with E-state index in [4.69, 9.17) is 4.74 Å². The minimum absolute atomic E-state index is 0.178. The van der Waals surface area contributed by atoms with Gasteiger partial charge in [0.1, 0.15) is 9.71 Å². The average Bonchev–Trinajstić information content (AvgIpc) is 3.47. The van der Waals surface area contributed by atoms with Crippen LogP contribution >= 0.6 is 11.3 Å². The average molecular weight is 441 g/mol. The number of ether oxygens (including phenoxy) is 1. The standard InChI is InChI=1S/C22H24N4O4S/c1-13-16-11-18(31-21(16)26(2)25-13)22(29)30-12-19(27)24-17-10-6-5-9-15(17)20(28)23-14-7-3-4-8-14/h5-6,9-11,14H,3-4,7-8,12H2,1-2H3,(H,23,28)(H,24,27). The first-order chi connectivity index (χ1) is 14.9. The van der Waals surface area contributed by atoms with Crippen molar-refractivity contribution in [3.63, 3.8) is 0 Å². The molecule has 1 aromatic carbocycles. The van der Waals surface area contributed by atoms with E-state index in [1.165, 1.54) is 11.3 Å². The fraction of sp³-hybridized carbons (Fsp3) is 0.364. The number of hydrogen-bond acceptors (Lipinski definition) is 6.